The zero-order valence-corrected chi connectivity index (χ0v) is 10.8. The van der Waals surface area contributed by atoms with Crippen LogP contribution in [0, 0.1) is 5.41 Å². The van der Waals surface area contributed by atoms with Crippen LogP contribution in [0.5, 0.6) is 0 Å². The fourth-order valence-electron chi connectivity index (χ4n) is 1.97. The van der Waals surface area contributed by atoms with Gasteiger partial charge in [-0.25, -0.2) is 0 Å². The van der Waals surface area contributed by atoms with E-state index in [1.807, 2.05) is 27.7 Å². The van der Waals surface area contributed by atoms with Gasteiger partial charge in [0, 0.05) is 13.6 Å². The van der Waals surface area contributed by atoms with Gasteiger partial charge in [0.25, 0.3) is 0 Å². The molecule has 1 saturated heterocycles. The zero-order valence-electron chi connectivity index (χ0n) is 10.8. The van der Waals surface area contributed by atoms with Crippen molar-refractivity contribution in [3.8, 4) is 0 Å². The number of rotatable bonds is 2. The summed E-state index contributed by atoms with van der Waals surface area (Å²) >= 11 is 0. The molecule has 0 aliphatic carbocycles. The highest BCUT2D eigenvalue weighted by Crippen LogP contribution is 2.37. The molecule has 0 N–H and O–H groups in total. The van der Waals surface area contributed by atoms with Gasteiger partial charge >= 0.3 is 5.97 Å². The van der Waals surface area contributed by atoms with Gasteiger partial charge in [-0.3, -0.25) is 9.59 Å². The van der Waals surface area contributed by atoms with Crippen LogP contribution in [-0.2, 0) is 14.3 Å². The monoisotopic (exact) mass is 227 g/mol. The zero-order chi connectivity index (χ0) is 12.6. The number of ether oxygens (including phenoxy) is 1. The van der Waals surface area contributed by atoms with Crippen molar-refractivity contribution >= 4 is 11.9 Å². The van der Waals surface area contributed by atoms with E-state index in [0.717, 1.165) is 0 Å². The van der Waals surface area contributed by atoms with Crippen molar-refractivity contribution in [2.45, 2.75) is 46.1 Å². The second-order valence-corrected chi connectivity index (χ2v) is 5.41. The van der Waals surface area contributed by atoms with E-state index in [2.05, 4.69) is 0 Å². The highest BCUT2D eigenvalue weighted by Gasteiger charge is 2.52. The number of amides is 1. The first-order valence-corrected chi connectivity index (χ1v) is 5.72. The van der Waals surface area contributed by atoms with Crippen molar-refractivity contribution in [2.75, 3.05) is 13.6 Å². The number of carbonyl (C=O) groups is 2. The Balaban J connectivity index is 2.90. The van der Waals surface area contributed by atoms with Crippen LogP contribution in [-0.4, -0.2) is 36.0 Å². The minimum atomic E-state index is -0.942. The van der Waals surface area contributed by atoms with Gasteiger partial charge in [-0.2, -0.15) is 0 Å². The SMILES string of the molecule is CCC1(C(=O)OC(C)(C)C)CCN(C)C1=O. The first-order valence-electron chi connectivity index (χ1n) is 5.72. The van der Waals surface area contributed by atoms with Crippen LogP contribution < -0.4 is 0 Å². The maximum atomic E-state index is 12.1. The van der Waals surface area contributed by atoms with E-state index >= 15 is 0 Å². The Kier molecular flexibility index (Phi) is 3.31. The van der Waals surface area contributed by atoms with Gasteiger partial charge < -0.3 is 9.64 Å². The molecule has 4 nitrogen and oxygen atoms in total. The number of esters is 1. The Morgan fingerprint density at radius 1 is 1.50 bits per heavy atom. The minimum absolute atomic E-state index is 0.107. The van der Waals surface area contributed by atoms with Crippen molar-refractivity contribution in [2.24, 2.45) is 5.41 Å². The molecule has 0 aromatic rings. The minimum Gasteiger partial charge on any atom is -0.459 e. The lowest BCUT2D eigenvalue weighted by atomic mass is 9.83. The van der Waals surface area contributed by atoms with E-state index in [1.54, 1.807) is 11.9 Å². The van der Waals surface area contributed by atoms with Gasteiger partial charge in [-0.1, -0.05) is 6.92 Å². The van der Waals surface area contributed by atoms with Crippen LogP contribution in [0.3, 0.4) is 0 Å². The highest BCUT2D eigenvalue weighted by molar-refractivity contribution is 6.04. The molecule has 1 fully saturated rings. The summed E-state index contributed by atoms with van der Waals surface area (Å²) in [5, 5.41) is 0. The number of hydrogen-bond donors (Lipinski definition) is 0. The topological polar surface area (TPSA) is 46.6 Å². The van der Waals surface area contributed by atoms with E-state index < -0.39 is 11.0 Å². The van der Waals surface area contributed by atoms with Crippen molar-refractivity contribution in [3.05, 3.63) is 0 Å². The summed E-state index contributed by atoms with van der Waals surface area (Å²) in [7, 11) is 1.73. The molecule has 1 atom stereocenters. The Bertz CT molecular complexity index is 306. The van der Waals surface area contributed by atoms with Crippen LogP contribution in [0.25, 0.3) is 0 Å². The first-order chi connectivity index (χ1) is 7.23. The third kappa shape index (κ3) is 2.20. The molecule has 1 amide bonds. The van der Waals surface area contributed by atoms with Gasteiger partial charge in [0.15, 0.2) is 0 Å². The molecule has 0 spiro atoms. The summed E-state index contributed by atoms with van der Waals surface area (Å²) in [5.74, 6) is -0.485. The molecule has 1 aliphatic heterocycles. The van der Waals surface area contributed by atoms with Crippen LogP contribution in [0.1, 0.15) is 40.5 Å². The molecular weight excluding hydrogens is 206 g/mol. The molecule has 0 aromatic carbocycles. The number of carbonyl (C=O) groups excluding carboxylic acids is 2. The smallest absolute Gasteiger partial charge is 0.322 e. The molecular formula is C12H21NO3. The number of hydrogen-bond acceptors (Lipinski definition) is 3. The average molecular weight is 227 g/mol. The van der Waals surface area contributed by atoms with Crippen molar-refractivity contribution in [3.63, 3.8) is 0 Å². The van der Waals surface area contributed by atoms with E-state index in [-0.39, 0.29) is 11.9 Å². The Morgan fingerprint density at radius 2 is 2.06 bits per heavy atom. The maximum absolute atomic E-state index is 12.1. The summed E-state index contributed by atoms with van der Waals surface area (Å²) in [6, 6.07) is 0. The van der Waals surface area contributed by atoms with Crippen molar-refractivity contribution in [1.82, 2.24) is 4.90 Å². The van der Waals surface area contributed by atoms with Crippen molar-refractivity contribution in [1.29, 1.82) is 0 Å². The van der Waals surface area contributed by atoms with Gasteiger partial charge in [0.05, 0.1) is 0 Å². The van der Waals surface area contributed by atoms with Gasteiger partial charge in [0.2, 0.25) is 5.91 Å². The molecule has 16 heavy (non-hydrogen) atoms. The Hall–Kier alpha value is -1.06. The molecule has 4 heteroatoms. The standard InChI is InChI=1S/C12H21NO3/c1-6-12(7-8-13(5)9(12)14)10(15)16-11(2,3)4/h6-8H2,1-5H3. The highest BCUT2D eigenvalue weighted by atomic mass is 16.6. The van der Waals surface area contributed by atoms with Crippen LogP contribution >= 0.6 is 0 Å². The molecule has 0 radical (unpaired) electrons. The summed E-state index contributed by atoms with van der Waals surface area (Å²) in [4.78, 5) is 25.7. The second-order valence-electron chi connectivity index (χ2n) is 5.41. The lowest BCUT2D eigenvalue weighted by molar-refractivity contribution is -0.171. The van der Waals surface area contributed by atoms with E-state index in [0.29, 0.717) is 19.4 Å². The molecule has 1 heterocycles. The first kappa shape index (κ1) is 13.0. The summed E-state index contributed by atoms with van der Waals surface area (Å²) < 4.78 is 5.35. The lowest BCUT2D eigenvalue weighted by Gasteiger charge is -2.28. The third-order valence-electron chi connectivity index (χ3n) is 3.02. The van der Waals surface area contributed by atoms with Crippen LogP contribution in [0.15, 0.2) is 0 Å². The molecule has 1 aliphatic rings. The van der Waals surface area contributed by atoms with Gasteiger partial charge in [-0.15, -0.1) is 0 Å². The summed E-state index contributed by atoms with van der Waals surface area (Å²) in [5.41, 5.74) is -1.48. The quantitative estimate of drug-likeness (QED) is 0.531. The number of likely N-dealkylation sites (tertiary alicyclic amines) is 1. The lowest BCUT2D eigenvalue weighted by Crippen LogP contribution is -2.43. The van der Waals surface area contributed by atoms with E-state index in [1.165, 1.54) is 0 Å². The number of nitrogens with zero attached hydrogens (tertiary/aromatic N) is 1. The molecule has 92 valence electrons. The van der Waals surface area contributed by atoms with Gasteiger partial charge in [-0.05, 0) is 33.6 Å². The Labute approximate surface area is 96.9 Å². The third-order valence-corrected chi connectivity index (χ3v) is 3.02. The van der Waals surface area contributed by atoms with Crippen LogP contribution in [0.2, 0.25) is 0 Å². The van der Waals surface area contributed by atoms with E-state index in [4.69, 9.17) is 4.74 Å². The van der Waals surface area contributed by atoms with Crippen LogP contribution in [0.4, 0.5) is 0 Å². The molecule has 0 aromatic heterocycles. The molecule has 1 unspecified atom stereocenters. The summed E-state index contributed by atoms with van der Waals surface area (Å²) in [6.45, 7) is 7.94. The average Bonchev–Trinajstić information content (AvgIpc) is 2.42. The molecule has 0 bridgehead atoms. The summed E-state index contributed by atoms with van der Waals surface area (Å²) in [6.07, 6.45) is 1.07. The normalized spacial score (nSPS) is 26.1. The largest absolute Gasteiger partial charge is 0.459 e. The molecule has 0 saturated carbocycles. The fourth-order valence-corrected chi connectivity index (χ4v) is 1.97. The van der Waals surface area contributed by atoms with Crippen molar-refractivity contribution < 1.29 is 14.3 Å². The maximum Gasteiger partial charge on any atom is 0.322 e. The van der Waals surface area contributed by atoms with Gasteiger partial charge in [0.1, 0.15) is 11.0 Å². The predicted molar refractivity (Wildman–Crippen MR) is 60.8 cm³/mol. The van der Waals surface area contributed by atoms with E-state index in [9.17, 15) is 9.59 Å². The molecule has 1 rings (SSSR count). The second kappa shape index (κ2) is 4.07. The fraction of sp³-hybridized carbons (Fsp3) is 0.833. The Morgan fingerprint density at radius 3 is 2.38 bits per heavy atom. The predicted octanol–water partition coefficient (Wildman–Crippen LogP) is 1.59.